The molecule has 19 heavy (non-hydrogen) atoms. The second-order valence-corrected chi connectivity index (χ2v) is 4.47. The van der Waals surface area contributed by atoms with Gasteiger partial charge in [-0.05, 0) is 35.0 Å². The summed E-state index contributed by atoms with van der Waals surface area (Å²) in [5.41, 5.74) is 5.40. The van der Waals surface area contributed by atoms with Gasteiger partial charge in [0.2, 0.25) is 0 Å². The Kier molecular flexibility index (Phi) is 5.53. The van der Waals surface area contributed by atoms with E-state index in [-0.39, 0.29) is 21.3 Å². The Balaban J connectivity index is 3.19. The van der Waals surface area contributed by atoms with Gasteiger partial charge in [0.1, 0.15) is 6.54 Å². The van der Waals surface area contributed by atoms with Crippen molar-refractivity contribution in [2.75, 3.05) is 6.54 Å². The Hall–Kier alpha value is -1.37. The van der Waals surface area contributed by atoms with E-state index < -0.39 is 24.6 Å². The van der Waals surface area contributed by atoms with Crippen molar-refractivity contribution in [2.24, 2.45) is 10.7 Å². The van der Waals surface area contributed by atoms with Crippen LogP contribution in [0.2, 0.25) is 0 Å². The van der Waals surface area contributed by atoms with Gasteiger partial charge in [-0.1, -0.05) is 0 Å². The zero-order valence-corrected chi connectivity index (χ0v) is 11.5. The molecule has 0 aliphatic carbocycles. The number of allylic oxidation sites excluding steroid dienone is 1. The number of benzene rings is 1. The third-order valence-electron chi connectivity index (χ3n) is 2.35. The molecule has 0 radical (unpaired) electrons. The first-order valence-electron chi connectivity index (χ1n) is 5.23. The van der Waals surface area contributed by atoms with Crippen LogP contribution in [0.1, 0.15) is 12.5 Å². The van der Waals surface area contributed by atoms with E-state index in [1.807, 2.05) is 0 Å². The normalized spacial score (nSPS) is 13.2. The van der Waals surface area contributed by atoms with Gasteiger partial charge in [-0.15, -0.1) is 0 Å². The summed E-state index contributed by atoms with van der Waals surface area (Å²) in [6, 6.07) is 2.60. The minimum Gasteiger partial charge on any atom is -0.404 e. The number of nitrogens with zero attached hydrogens (tertiary/aromatic N) is 1. The van der Waals surface area contributed by atoms with E-state index in [0.29, 0.717) is 0 Å². The van der Waals surface area contributed by atoms with E-state index in [1.54, 1.807) is 0 Å². The van der Waals surface area contributed by atoms with Crippen LogP contribution in [0.4, 0.5) is 17.6 Å². The standard InChI is InChI=1S/C12H11BrF4N2/c1-6(19-5-10(14)15)8(4-18)7-2-3-9(13)12(17)11(7)16/h2-4,10H,5,18H2,1H3/b8-4+,19-6?. The van der Waals surface area contributed by atoms with Gasteiger partial charge in [0.25, 0.3) is 6.43 Å². The number of aliphatic imine (C=N–C) groups is 1. The number of alkyl halides is 2. The summed E-state index contributed by atoms with van der Waals surface area (Å²) < 4.78 is 51.3. The van der Waals surface area contributed by atoms with Crippen LogP contribution < -0.4 is 5.73 Å². The lowest BCUT2D eigenvalue weighted by Gasteiger charge is -2.09. The van der Waals surface area contributed by atoms with Crippen LogP contribution in [0.3, 0.4) is 0 Å². The average molecular weight is 339 g/mol. The third kappa shape index (κ3) is 3.79. The highest BCUT2D eigenvalue weighted by molar-refractivity contribution is 9.10. The second-order valence-electron chi connectivity index (χ2n) is 3.62. The van der Waals surface area contributed by atoms with Gasteiger partial charge in [-0.2, -0.15) is 0 Å². The Morgan fingerprint density at radius 2 is 2.00 bits per heavy atom. The number of hydrogen-bond donors (Lipinski definition) is 1. The largest absolute Gasteiger partial charge is 0.404 e. The topological polar surface area (TPSA) is 38.4 Å². The molecular weight excluding hydrogens is 328 g/mol. The summed E-state index contributed by atoms with van der Waals surface area (Å²) in [6.45, 7) is 0.685. The van der Waals surface area contributed by atoms with Gasteiger partial charge >= 0.3 is 0 Å². The van der Waals surface area contributed by atoms with Crippen molar-refractivity contribution >= 4 is 27.2 Å². The average Bonchev–Trinajstić information content (AvgIpc) is 2.37. The summed E-state index contributed by atoms with van der Waals surface area (Å²) in [5.74, 6) is -2.18. The third-order valence-corrected chi connectivity index (χ3v) is 2.96. The monoisotopic (exact) mass is 338 g/mol. The molecule has 0 atom stereocenters. The minimum absolute atomic E-state index is 0.0349. The molecule has 0 saturated carbocycles. The molecule has 0 unspecified atom stereocenters. The number of nitrogens with two attached hydrogens (primary N) is 1. The van der Waals surface area contributed by atoms with E-state index >= 15 is 0 Å². The lowest BCUT2D eigenvalue weighted by Crippen LogP contribution is -2.07. The molecule has 104 valence electrons. The molecule has 0 heterocycles. The Labute approximate surface area is 116 Å². The molecule has 0 aromatic heterocycles. The summed E-state index contributed by atoms with van der Waals surface area (Å²) in [4.78, 5) is 3.58. The summed E-state index contributed by atoms with van der Waals surface area (Å²) >= 11 is 2.84. The molecule has 0 fully saturated rings. The molecule has 7 heteroatoms. The van der Waals surface area contributed by atoms with Crippen molar-refractivity contribution in [3.63, 3.8) is 0 Å². The molecule has 0 spiro atoms. The summed E-state index contributed by atoms with van der Waals surface area (Å²) in [6.07, 6.45) is -1.60. The lowest BCUT2D eigenvalue weighted by molar-refractivity contribution is 0.159. The Morgan fingerprint density at radius 1 is 1.37 bits per heavy atom. The predicted octanol–water partition coefficient (Wildman–Crippen LogP) is 3.75. The van der Waals surface area contributed by atoms with Gasteiger partial charge < -0.3 is 5.73 Å². The van der Waals surface area contributed by atoms with Gasteiger partial charge in [0.05, 0.1) is 4.47 Å². The Morgan fingerprint density at radius 3 is 2.53 bits per heavy atom. The molecule has 1 rings (SSSR count). The van der Waals surface area contributed by atoms with Gasteiger partial charge in [-0.25, -0.2) is 17.6 Å². The van der Waals surface area contributed by atoms with Crippen LogP contribution in [-0.2, 0) is 0 Å². The first-order chi connectivity index (χ1) is 8.88. The minimum atomic E-state index is -2.61. The molecule has 2 N–H and O–H groups in total. The summed E-state index contributed by atoms with van der Waals surface area (Å²) in [5, 5.41) is 0. The lowest BCUT2D eigenvalue weighted by atomic mass is 10.0. The maximum atomic E-state index is 13.8. The van der Waals surface area contributed by atoms with Gasteiger partial charge in [0, 0.05) is 23.0 Å². The first kappa shape index (κ1) is 15.7. The van der Waals surface area contributed by atoms with Crippen LogP contribution in [0, 0.1) is 11.6 Å². The fourth-order valence-electron chi connectivity index (χ4n) is 1.43. The van der Waals surface area contributed by atoms with E-state index in [9.17, 15) is 17.6 Å². The van der Waals surface area contributed by atoms with Crippen molar-refractivity contribution in [2.45, 2.75) is 13.3 Å². The maximum absolute atomic E-state index is 13.8. The number of halogens is 5. The zero-order valence-electron chi connectivity index (χ0n) is 9.93. The van der Waals surface area contributed by atoms with Crippen molar-refractivity contribution < 1.29 is 17.6 Å². The maximum Gasteiger partial charge on any atom is 0.257 e. The van der Waals surface area contributed by atoms with Crippen molar-refractivity contribution in [1.82, 2.24) is 0 Å². The fraction of sp³-hybridized carbons (Fsp3) is 0.250. The highest BCUT2D eigenvalue weighted by Gasteiger charge is 2.16. The van der Waals surface area contributed by atoms with E-state index in [1.165, 1.54) is 19.1 Å². The molecule has 0 saturated heterocycles. The fourth-order valence-corrected chi connectivity index (χ4v) is 1.74. The second kappa shape index (κ2) is 6.70. The highest BCUT2D eigenvalue weighted by Crippen LogP contribution is 2.26. The molecule has 0 aliphatic rings. The first-order valence-corrected chi connectivity index (χ1v) is 6.03. The molecule has 2 nitrogen and oxygen atoms in total. The molecule has 0 bridgehead atoms. The van der Waals surface area contributed by atoms with Crippen LogP contribution in [0.25, 0.3) is 5.57 Å². The van der Waals surface area contributed by atoms with Crippen molar-refractivity contribution in [1.29, 1.82) is 0 Å². The van der Waals surface area contributed by atoms with Crippen LogP contribution >= 0.6 is 15.9 Å². The Bertz CT molecular complexity index is 527. The van der Waals surface area contributed by atoms with Crippen LogP contribution in [0.15, 0.2) is 27.8 Å². The summed E-state index contributed by atoms with van der Waals surface area (Å²) in [7, 11) is 0. The molecular formula is C12H11BrF4N2. The number of rotatable bonds is 4. The number of hydrogen-bond acceptors (Lipinski definition) is 2. The quantitative estimate of drug-likeness (QED) is 0.506. The van der Waals surface area contributed by atoms with Crippen LogP contribution in [-0.4, -0.2) is 18.7 Å². The van der Waals surface area contributed by atoms with E-state index in [0.717, 1.165) is 6.20 Å². The predicted molar refractivity (Wildman–Crippen MR) is 70.2 cm³/mol. The SMILES string of the molecule is CC(=NCC(F)F)/C(=C\N)c1ccc(Br)c(F)c1F. The van der Waals surface area contributed by atoms with Gasteiger partial charge in [0.15, 0.2) is 11.6 Å². The highest BCUT2D eigenvalue weighted by atomic mass is 79.9. The van der Waals surface area contributed by atoms with Crippen molar-refractivity contribution in [3.05, 3.63) is 40.0 Å². The van der Waals surface area contributed by atoms with Gasteiger partial charge in [-0.3, -0.25) is 4.99 Å². The molecule has 1 aromatic rings. The zero-order chi connectivity index (χ0) is 14.6. The smallest absolute Gasteiger partial charge is 0.257 e. The molecule has 0 aliphatic heterocycles. The van der Waals surface area contributed by atoms with Crippen molar-refractivity contribution in [3.8, 4) is 0 Å². The van der Waals surface area contributed by atoms with E-state index in [4.69, 9.17) is 5.73 Å². The van der Waals surface area contributed by atoms with E-state index in [2.05, 4.69) is 20.9 Å². The molecule has 0 amide bonds. The van der Waals surface area contributed by atoms with Crippen LogP contribution in [0.5, 0.6) is 0 Å². The molecule has 1 aromatic carbocycles.